The van der Waals surface area contributed by atoms with Gasteiger partial charge in [0.1, 0.15) is 30.6 Å². The van der Waals surface area contributed by atoms with Crippen molar-refractivity contribution in [3.8, 4) is 0 Å². The molecule has 1 aliphatic rings. The summed E-state index contributed by atoms with van der Waals surface area (Å²) in [5.74, 6) is -1.20. The molecule has 0 radical (unpaired) electrons. The van der Waals surface area contributed by atoms with Crippen LogP contribution in [0.5, 0.6) is 0 Å². The molecule has 0 aliphatic carbocycles. The van der Waals surface area contributed by atoms with E-state index in [0.717, 1.165) is 5.56 Å². The summed E-state index contributed by atoms with van der Waals surface area (Å²) >= 11 is 12.3. The van der Waals surface area contributed by atoms with Crippen molar-refractivity contribution >= 4 is 59.4 Å². The van der Waals surface area contributed by atoms with Gasteiger partial charge in [-0.05, 0) is 69.7 Å². The minimum Gasteiger partial charge on any atom is -0.444 e. The van der Waals surface area contributed by atoms with E-state index in [0.29, 0.717) is 31.1 Å². The van der Waals surface area contributed by atoms with E-state index in [-0.39, 0.29) is 42.1 Å². The second kappa shape index (κ2) is 17.5. The first-order valence-corrected chi connectivity index (χ1v) is 15.8. The van der Waals surface area contributed by atoms with E-state index in [4.69, 9.17) is 38.4 Å². The Kier molecular flexibility index (Phi) is 13.8. The highest BCUT2D eigenvalue weighted by Crippen LogP contribution is 2.29. The molecule has 2 aromatic rings. The predicted octanol–water partition coefficient (Wildman–Crippen LogP) is 4.26. The minimum atomic E-state index is -1.22. The van der Waals surface area contributed by atoms with Gasteiger partial charge in [0, 0.05) is 13.1 Å². The summed E-state index contributed by atoms with van der Waals surface area (Å²) in [6.45, 7) is 5.56. The number of nitrogens with zero attached hydrogens (tertiary/aromatic N) is 2. The maximum absolute atomic E-state index is 13.8. The van der Waals surface area contributed by atoms with Gasteiger partial charge in [-0.25, -0.2) is 9.59 Å². The number of nitrogens with two attached hydrogens (primary N) is 1. The van der Waals surface area contributed by atoms with Gasteiger partial charge in [0.15, 0.2) is 5.96 Å². The smallest absolute Gasteiger partial charge is 0.414 e. The highest BCUT2D eigenvalue weighted by atomic mass is 35.5. The molecule has 1 unspecified atom stereocenters. The zero-order chi connectivity index (χ0) is 34.6. The molecule has 15 heteroatoms. The van der Waals surface area contributed by atoms with E-state index in [1.165, 1.54) is 17.0 Å². The lowest BCUT2D eigenvalue weighted by atomic mass is 10.0. The minimum absolute atomic E-state index is 0.0705. The van der Waals surface area contributed by atoms with Crippen molar-refractivity contribution < 1.29 is 33.4 Å². The van der Waals surface area contributed by atoms with Crippen molar-refractivity contribution in [2.45, 2.75) is 76.8 Å². The Hall–Kier alpha value is -4.36. The van der Waals surface area contributed by atoms with Crippen LogP contribution in [0.2, 0.25) is 10.0 Å². The molecule has 1 heterocycles. The topological polar surface area (TPSA) is 182 Å². The van der Waals surface area contributed by atoms with E-state index >= 15 is 0 Å². The van der Waals surface area contributed by atoms with Gasteiger partial charge in [-0.2, -0.15) is 0 Å². The lowest BCUT2D eigenvalue weighted by Crippen LogP contribution is -2.52. The number of hydrogen-bond acceptors (Lipinski definition) is 8. The Balaban J connectivity index is 1.56. The van der Waals surface area contributed by atoms with Crippen molar-refractivity contribution in [1.29, 1.82) is 0 Å². The Labute approximate surface area is 283 Å². The third-order valence-electron chi connectivity index (χ3n) is 6.91. The third-order valence-corrected chi connectivity index (χ3v) is 7.65. The fourth-order valence-electron chi connectivity index (χ4n) is 4.74. The molecule has 3 atom stereocenters. The standard InChI is InChI=1S/C32H40Cl2N6O7/c1-32(2,3)47-31(45)38-26(21-13-14-23(33)24(34)17-21)28(43)40-16-8-12-25(40)27(42)37-22(18-41)11-7-15-36-29(35)39-30(44)46-19-20-9-5-4-6-10-20/h4-6,9-10,13-14,17-18,22,25-26H,7-8,11-12,15-16,19H2,1-3H3,(H,37,42)(H,38,45)(H3,35,36,39,44)/t22-,25-,26?/m0/s1. The molecule has 5 N–H and O–H groups in total. The van der Waals surface area contributed by atoms with Crippen molar-refractivity contribution in [2.75, 3.05) is 13.1 Å². The number of alkyl carbamates (subject to hydrolysis) is 2. The summed E-state index contributed by atoms with van der Waals surface area (Å²) in [5, 5.41) is 8.07. The fraction of sp³-hybridized carbons (Fsp3) is 0.438. The zero-order valence-corrected chi connectivity index (χ0v) is 28.0. The zero-order valence-electron chi connectivity index (χ0n) is 26.5. The number of nitrogens with one attached hydrogen (secondary N) is 3. The Bertz CT molecular complexity index is 1450. The van der Waals surface area contributed by atoms with Crippen LogP contribution >= 0.6 is 23.2 Å². The molecule has 1 saturated heterocycles. The first-order chi connectivity index (χ1) is 22.3. The van der Waals surface area contributed by atoms with Gasteiger partial charge in [0.05, 0.1) is 16.1 Å². The number of halogens is 2. The van der Waals surface area contributed by atoms with Gasteiger partial charge in [0.25, 0.3) is 5.91 Å². The van der Waals surface area contributed by atoms with Crippen LogP contribution in [0, 0.1) is 0 Å². The van der Waals surface area contributed by atoms with Gasteiger partial charge in [-0.1, -0.05) is 59.6 Å². The molecule has 4 amide bonds. The molecule has 1 fully saturated rings. The number of rotatable bonds is 12. The van der Waals surface area contributed by atoms with Crippen LogP contribution in [0.3, 0.4) is 0 Å². The average molecular weight is 692 g/mol. The third kappa shape index (κ3) is 12.1. The van der Waals surface area contributed by atoms with Crippen molar-refractivity contribution in [2.24, 2.45) is 10.7 Å². The maximum Gasteiger partial charge on any atom is 0.414 e. The summed E-state index contributed by atoms with van der Waals surface area (Å²) in [7, 11) is 0. The second-order valence-electron chi connectivity index (χ2n) is 11.8. The summed E-state index contributed by atoms with van der Waals surface area (Å²) < 4.78 is 10.5. The number of ether oxygens (including phenoxy) is 2. The Morgan fingerprint density at radius 2 is 1.79 bits per heavy atom. The molecular formula is C32H40Cl2N6O7. The normalized spacial score (nSPS) is 16.1. The number of benzene rings is 2. The number of amides is 4. The van der Waals surface area contributed by atoms with E-state index in [9.17, 15) is 24.0 Å². The van der Waals surface area contributed by atoms with Crippen LogP contribution in [0.4, 0.5) is 9.59 Å². The molecule has 0 bridgehead atoms. The first kappa shape index (κ1) is 37.1. The van der Waals surface area contributed by atoms with Crippen LogP contribution in [0.1, 0.15) is 63.6 Å². The highest BCUT2D eigenvalue weighted by molar-refractivity contribution is 6.42. The average Bonchev–Trinajstić information content (AvgIpc) is 3.51. The van der Waals surface area contributed by atoms with Crippen LogP contribution < -0.4 is 21.7 Å². The lowest BCUT2D eigenvalue weighted by molar-refractivity contribution is -0.140. The van der Waals surface area contributed by atoms with E-state index < -0.39 is 47.7 Å². The summed E-state index contributed by atoms with van der Waals surface area (Å²) in [6, 6.07) is 10.7. The van der Waals surface area contributed by atoms with Gasteiger partial charge in [0.2, 0.25) is 5.91 Å². The Morgan fingerprint density at radius 1 is 1.06 bits per heavy atom. The van der Waals surface area contributed by atoms with Crippen LogP contribution in [-0.4, -0.2) is 71.9 Å². The van der Waals surface area contributed by atoms with Crippen molar-refractivity contribution in [3.05, 3.63) is 69.7 Å². The first-order valence-electron chi connectivity index (χ1n) is 15.1. The summed E-state index contributed by atoms with van der Waals surface area (Å²) in [4.78, 5) is 69.0. The lowest BCUT2D eigenvalue weighted by Gasteiger charge is -2.30. The molecule has 0 spiro atoms. The number of hydrogen-bond donors (Lipinski definition) is 4. The van der Waals surface area contributed by atoms with Gasteiger partial charge >= 0.3 is 12.2 Å². The van der Waals surface area contributed by atoms with E-state index in [2.05, 4.69) is 20.9 Å². The molecule has 1 aliphatic heterocycles. The van der Waals surface area contributed by atoms with Crippen molar-refractivity contribution in [3.63, 3.8) is 0 Å². The van der Waals surface area contributed by atoms with Crippen molar-refractivity contribution in [1.82, 2.24) is 20.9 Å². The van der Waals surface area contributed by atoms with E-state index in [1.54, 1.807) is 26.8 Å². The largest absolute Gasteiger partial charge is 0.444 e. The number of carbonyl (C=O) groups excluding carboxylic acids is 5. The molecule has 2 aromatic carbocycles. The second-order valence-corrected chi connectivity index (χ2v) is 12.6. The highest BCUT2D eigenvalue weighted by Gasteiger charge is 2.39. The Morgan fingerprint density at radius 3 is 2.45 bits per heavy atom. The summed E-state index contributed by atoms with van der Waals surface area (Å²) in [5.41, 5.74) is 6.10. The molecule has 47 heavy (non-hydrogen) atoms. The number of aliphatic imine (C=N–C) groups is 1. The van der Waals surface area contributed by atoms with Gasteiger partial charge in [-0.15, -0.1) is 0 Å². The molecule has 13 nitrogen and oxygen atoms in total. The number of guanidine groups is 1. The number of aldehydes is 1. The van der Waals surface area contributed by atoms with Crippen LogP contribution in [0.25, 0.3) is 0 Å². The van der Waals surface area contributed by atoms with Gasteiger partial charge in [-0.3, -0.25) is 19.9 Å². The maximum atomic E-state index is 13.8. The van der Waals surface area contributed by atoms with Crippen LogP contribution in [0.15, 0.2) is 53.5 Å². The van der Waals surface area contributed by atoms with E-state index in [1.807, 2.05) is 30.3 Å². The van der Waals surface area contributed by atoms with Crippen LogP contribution in [-0.2, 0) is 30.5 Å². The van der Waals surface area contributed by atoms with Gasteiger partial charge < -0.3 is 35.5 Å². The quantitative estimate of drug-likeness (QED) is 0.110. The molecule has 0 saturated carbocycles. The number of carbonyl (C=O) groups is 5. The predicted molar refractivity (Wildman–Crippen MR) is 177 cm³/mol. The number of likely N-dealkylation sites (tertiary alicyclic amines) is 1. The molecule has 0 aromatic heterocycles. The SMILES string of the molecule is CC(C)(C)OC(=O)NC(C(=O)N1CCC[C@H]1C(=O)N[C@H](C=O)CCCN=C(N)NC(=O)OCc1ccccc1)c1ccc(Cl)c(Cl)c1. The monoisotopic (exact) mass is 690 g/mol. The molecular weight excluding hydrogens is 651 g/mol. The fourth-order valence-corrected chi connectivity index (χ4v) is 5.05. The molecule has 3 rings (SSSR count). The molecule has 254 valence electrons. The summed E-state index contributed by atoms with van der Waals surface area (Å²) in [6.07, 6.45) is 0.502.